The lowest BCUT2D eigenvalue weighted by atomic mass is 9.81. The maximum atomic E-state index is 12.9. The van der Waals surface area contributed by atoms with E-state index in [9.17, 15) is 13.2 Å². The zero-order valence-corrected chi connectivity index (χ0v) is 18.0. The molecule has 0 aliphatic heterocycles. The lowest BCUT2D eigenvalue weighted by Crippen LogP contribution is -2.18. The van der Waals surface area contributed by atoms with Gasteiger partial charge in [0.05, 0.1) is 0 Å². The van der Waals surface area contributed by atoms with Gasteiger partial charge < -0.3 is 9.15 Å². The molecule has 0 spiro atoms. The molecule has 0 amide bonds. The first-order valence-electron chi connectivity index (χ1n) is 10.0. The summed E-state index contributed by atoms with van der Waals surface area (Å²) in [4.78, 5) is 0. The van der Waals surface area contributed by atoms with Gasteiger partial charge in [-0.15, -0.1) is 13.2 Å². The van der Waals surface area contributed by atoms with E-state index in [-0.39, 0.29) is 5.75 Å². The molecular formula is C26H18ClF3O2. The van der Waals surface area contributed by atoms with E-state index >= 15 is 0 Å². The van der Waals surface area contributed by atoms with Crippen molar-refractivity contribution in [3.63, 3.8) is 0 Å². The van der Waals surface area contributed by atoms with E-state index in [2.05, 4.69) is 18.6 Å². The summed E-state index contributed by atoms with van der Waals surface area (Å²) >= 11 is 6.07. The minimum atomic E-state index is -4.77. The molecule has 32 heavy (non-hydrogen) atoms. The monoisotopic (exact) mass is 454 g/mol. The normalized spacial score (nSPS) is 14.2. The van der Waals surface area contributed by atoms with Crippen LogP contribution >= 0.6 is 11.6 Å². The highest BCUT2D eigenvalue weighted by Crippen LogP contribution is 2.57. The topological polar surface area (TPSA) is 22.4 Å². The second kappa shape index (κ2) is 7.17. The Labute approximate surface area is 188 Å². The Balaban J connectivity index is 1.80. The van der Waals surface area contributed by atoms with Crippen molar-refractivity contribution in [2.45, 2.75) is 25.6 Å². The molecule has 0 unspecified atom stereocenters. The number of ether oxygens (including phenoxy) is 1. The van der Waals surface area contributed by atoms with Crippen LogP contribution < -0.4 is 4.74 Å². The molecule has 0 atom stereocenters. The third kappa shape index (κ3) is 3.37. The predicted molar refractivity (Wildman–Crippen MR) is 119 cm³/mol. The van der Waals surface area contributed by atoms with Crippen LogP contribution in [0.25, 0.3) is 33.8 Å². The number of benzene rings is 3. The van der Waals surface area contributed by atoms with Gasteiger partial charge in [-0.25, -0.2) is 0 Å². The number of hydrogen-bond acceptors (Lipinski definition) is 2. The van der Waals surface area contributed by atoms with Crippen LogP contribution in [-0.4, -0.2) is 6.36 Å². The van der Waals surface area contributed by atoms with E-state index in [0.717, 1.165) is 27.8 Å². The van der Waals surface area contributed by atoms with E-state index in [1.54, 1.807) is 18.2 Å². The molecule has 2 nitrogen and oxygen atoms in total. The summed E-state index contributed by atoms with van der Waals surface area (Å²) in [5.41, 5.74) is 4.51. The van der Waals surface area contributed by atoms with Gasteiger partial charge >= 0.3 is 6.36 Å². The van der Waals surface area contributed by atoms with Crippen LogP contribution in [0.15, 0.2) is 77.2 Å². The van der Waals surface area contributed by atoms with E-state index in [4.69, 9.17) is 16.0 Å². The zero-order chi connectivity index (χ0) is 22.7. The van der Waals surface area contributed by atoms with Gasteiger partial charge in [-0.2, -0.15) is 0 Å². The van der Waals surface area contributed by atoms with Crippen molar-refractivity contribution in [2.75, 3.05) is 0 Å². The quantitative estimate of drug-likeness (QED) is 0.309. The van der Waals surface area contributed by atoms with E-state index in [0.29, 0.717) is 22.1 Å². The van der Waals surface area contributed by atoms with Gasteiger partial charge in [0.15, 0.2) is 0 Å². The van der Waals surface area contributed by atoms with E-state index in [1.807, 2.05) is 42.5 Å². The molecular weight excluding hydrogens is 437 g/mol. The molecule has 1 heterocycles. The Morgan fingerprint density at radius 1 is 0.844 bits per heavy atom. The van der Waals surface area contributed by atoms with Crippen molar-refractivity contribution in [1.82, 2.24) is 0 Å². The SMILES string of the molecule is CC1(C)c2ccc(OC(F)(F)F)cc2-c2c(-c3ccc(Cl)cc3)oc(-c3ccccc3)c21. The van der Waals surface area contributed by atoms with Crippen LogP contribution in [0.4, 0.5) is 13.2 Å². The molecule has 3 aromatic carbocycles. The van der Waals surface area contributed by atoms with Crippen LogP contribution in [0.3, 0.4) is 0 Å². The zero-order valence-electron chi connectivity index (χ0n) is 17.3. The molecule has 0 saturated heterocycles. The molecule has 1 aliphatic carbocycles. The Morgan fingerprint density at radius 2 is 1.50 bits per heavy atom. The molecule has 4 aromatic rings. The fourth-order valence-electron chi connectivity index (χ4n) is 4.49. The van der Waals surface area contributed by atoms with Crippen molar-refractivity contribution < 1.29 is 22.3 Å². The molecule has 162 valence electrons. The Hall–Kier alpha value is -3.18. The van der Waals surface area contributed by atoms with Crippen molar-refractivity contribution >= 4 is 11.6 Å². The third-order valence-corrected chi connectivity index (χ3v) is 6.09. The predicted octanol–water partition coefficient (Wildman–Crippen LogP) is 8.47. The largest absolute Gasteiger partial charge is 0.573 e. The van der Waals surface area contributed by atoms with Gasteiger partial charge in [0.25, 0.3) is 0 Å². The summed E-state index contributed by atoms with van der Waals surface area (Å²) in [5.74, 6) is 1.03. The van der Waals surface area contributed by atoms with Crippen LogP contribution in [0.2, 0.25) is 5.02 Å². The highest BCUT2D eigenvalue weighted by atomic mass is 35.5. The Bertz CT molecular complexity index is 1300. The Morgan fingerprint density at radius 3 is 2.16 bits per heavy atom. The number of furan rings is 1. The second-order valence-electron chi connectivity index (χ2n) is 8.26. The maximum Gasteiger partial charge on any atom is 0.573 e. The van der Waals surface area contributed by atoms with E-state index < -0.39 is 11.8 Å². The lowest BCUT2D eigenvalue weighted by Gasteiger charge is -2.22. The fraction of sp³-hybridized carbons (Fsp3) is 0.154. The van der Waals surface area contributed by atoms with Gasteiger partial charge in [-0.05, 0) is 47.5 Å². The smallest absolute Gasteiger partial charge is 0.455 e. The Kier molecular flexibility index (Phi) is 4.64. The lowest BCUT2D eigenvalue weighted by molar-refractivity contribution is -0.274. The van der Waals surface area contributed by atoms with Crippen LogP contribution in [0.5, 0.6) is 5.75 Å². The number of rotatable bonds is 3. The first-order valence-corrected chi connectivity index (χ1v) is 10.4. The molecule has 0 saturated carbocycles. The number of fused-ring (bicyclic) bond motifs is 3. The molecule has 0 radical (unpaired) electrons. The van der Waals surface area contributed by atoms with Gasteiger partial charge in [-0.1, -0.05) is 61.8 Å². The number of halogens is 4. The molecule has 5 rings (SSSR count). The van der Waals surface area contributed by atoms with Crippen molar-refractivity contribution in [3.8, 4) is 39.5 Å². The first kappa shape index (κ1) is 20.7. The average molecular weight is 455 g/mol. The van der Waals surface area contributed by atoms with Gasteiger partial charge in [0.1, 0.15) is 17.3 Å². The summed E-state index contributed by atoms with van der Waals surface area (Å²) in [6.45, 7) is 4.10. The van der Waals surface area contributed by atoms with Crippen molar-refractivity contribution in [1.29, 1.82) is 0 Å². The van der Waals surface area contributed by atoms with Gasteiger partial charge in [0.2, 0.25) is 0 Å². The van der Waals surface area contributed by atoms with Crippen LogP contribution in [0.1, 0.15) is 25.0 Å². The van der Waals surface area contributed by atoms with Crippen LogP contribution in [0, 0.1) is 0 Å². The fourth-order valence-corrected chi connectivity index (χ4v) is 4.61. The first-order chi connectivity index (χ1) is 15.1. The average Bonchev–Trinajstić information content (AvgIpc) is 3.24. The maximum absolute atomic E-state index is 12.9. The standard InChI is InChI=1S/C26H18ClF3O2/c1-25(2)20-13-12-18(32-26(28,29)30)14-19(20)21-22(25)24(15-6-4-3-5-7-15)31-23(21)16-8-10-17(27)11-9-16/h3-14H,1-2H3. The summed E-state index contributed by atoms with van der Waals surface area (Å²) in [6.07, 6.45) is -4.77. The summed E-state index contributed by atoms with van der Waals surface area (Å²) in [7, 11) is 0. The molecule has 1 aromatic heterocycles. The molecule has 1 aliphatic rings. The highest BCUT2D eigenvalue weighted by molar-refractivity contribution is 6.30. The number of alkyl halides is 3. The minimum Gasteiger partial charge on any atom is -0.455 e. The summed E-state index contributed by atoms with van der Waals surface area (Å²) < 4.78 is 49.3. The summed E-state index contributed by atoms with van der Waals surface area (Å²) in [6, 6.07) is 21.4. The molecule has 0 bridgehead atoms. The summed E-state index contributed by atoms with van der Waals surface area (Å²) in [5, 5.41) is 0.585. The van der Waals surface area contributed by atoms with Crippen molar-refractivity contribution in [2.24, 2.45) is 0 Å². The van der Waals surface area contributed by atoms with Crippen molar-refractivity contribution in [3.05, 3.63) is 88.9 Å². The van der Waals surface area contributed by atoms with Gasteiger partial charge in [0, 0.05) is 32.7 Å². The second-order valence-corrected chi connectivity index (χ2v) is 8.70. The minimum absolute atomic E-state index is 0.260. The molecule has 0 fully saturated rings. The van der Waals surface area contributed by atoms with E-state index in [1.165, 1.54) is 12.1 Å². The molecule has 0 N–H and O–H groups in total. The highest BCUT2D eigenvalue weighted by Gasteiger charge is 2.43. The number of hydrogen-bond donors (Lipinski definition) is 0. The molecule has 6 heteroatoms. The van der Waals surface area contributed by atoms with Crippen LogP contribution in [-0.2, 0) is 5.41 Å². The third-order valence-electron chi connectivity index (χ3n) is 5.84. The van der Waals surface area contributed by atoms with Gasteiger partial charge in [-0.3, -0.25) is 0 Å².